The van der Waals surface area contributed by atoms with E-state index in [-0.39, 0.29) is 6.04 Å². The predicted octanol–water partition coefficient (Wildman–Crippen LogP) is 3.84. The first-order valence-corrected chi connectivity index (χ1v) is 7.08. The quantitative estimate of drug-likeness (QED) is 0.740. The average Bonchev–Trinajstić information content (AvgIpc) is 2.79. The van der Waals surface area contributed by atoms with Crippen molar-refractivity contribution in [3.8, 4) is 0 Å². The van der Waals surface area contributed by atoms with Gasteiger partial charge in [-0.15, -0.1) is 0 Å². The number of fused-ring (bicyclic) bond motifs is 2. The lowest BCUT2D eigenvalue weighted by Gasteiger charge is -2.29. The second kappa shape index (κ2) is 3.58. The van der Waals surface area contributed by atoms with Crippen LogP contribution in [0.1, 0.15) is 54.0 Å². The third kappa shape index (κ3) is 1.26. The molecule has 2 N–H and O–H groups in total. The van der Waals surface area contributed by atoms with Gasteiger partial charge in [-0.25, -0.2) is 0 Å². The molecule has 2 atom stereocenters. The van der Waals surface area contributed by atoms with E-state index >= 15 is 0 Å². The van der Waals surface area contributed by atoms with Crippen LogP contribution in [-0.2, 0) is 12.8 Å². The Morgan fingerprint density at radius 3 is 2.83 bits per heavy atom. The molecule has 18 heavy (non-hydrogen) atoms. The van der Waals surface area contributed by atoms with Crippen LogP contribution in [0.4, 0.5) is 0 Å². The van der Waals surface area contributed by atoms with E-state index in [0.29, 0.717) is 5.92 Å². The summed E-state index contributed by atoms with van der Waals surface area (Å²) in [5, 5.41) is 3.03. The molecule has 1 heteroatoms. The van der Waals surface area contributed by atoms with E-state index in [4.69, 9.17) is 5.73 Å². The molecule has 92 valence electrons. The molecule has 0 fully saturated rings. The van der Waals surface area contributed by atoms with Crippen molar-refractivity contribution >= 4 is 10.8 Å². The second-order valence-electron chi connectivity index (χ2n) is 5.96. The molecule has 0 aliphatic heterocycles. The lowest BCUT2D eigenvalue weighted by atomic mass is 9.78. The number of nitrogens with two attached hydrogens (primary N) is 1. The third-order valence-corrected chi connectivity index (χ3v) is 4.87. The highest BCUT2D eigenvalue weighted by atomic mass is 14.6. The van der Waals surface area contributed by atoms with Crippen LogP contribution < -0.4 is 5.73 Å². The van der Waals surface area contributed by atoms with Crippen molar-refractivity contribution in [2.75, 3.05) is 0 Å². The topological polar surface area (TPSA) is 26.0 Å². The van der Waals surface area contributed by atoms with Gasteiger partial charge in [0.15, 0.2) is 0 Å². The Hall–Kier alpha value is -1.34. The van der Waals surface area contributed by atoms with Gasteiger partial charge in [0.1, 0.15) is 0 Å². The standard InChI is InChI=1S/C17H19N/c1-10-5-8-15(18)14-9-12-7-6-11-3-2-4-13(16(10)14)17(11)12/h2-4,9-10,15H,5-8,18H2,1H3. The molecule has 0 aromatic heterocycles. The van der Waals surface area contributed by atoms with Crippen LogP contribution >= 0.6 is 0 Å². The zero-order valence-corrected chi connectivity index (χ0v) is 10.9. The van der Waals surface area contributed by atoms with Gasteiger partial charge in [0.05, 0.1) is 0 Å². The fourth-order valence-corrected chi connectivity index (χ4v) is 3.96. The second-order valence-corrected chi connectivity index (χ2v) is 5.96. The van der Waals surface area contributed by atoms with Gasteiger partial charge in [-0.05, 0) is 64.6 Å². The highest BCUT2D eigenvalue weighted by molar-refractivity contribution is 5.94. The summed E-state index contributed by atoms with van der Waals surface area (Å²) in [6.07, 6.45) is 4.77. The molecule has 2 unspecified atom stereocenters. The molecule has 2 aliphatic rings. The van der Waals surface area contributed by atoms with Crippen molar-refractivity contribution in [1.29, 1.82) is 0 Å². The smallest absolute Gasteiger partial charge is 0.0298 e. The van der Waals surface area contributed by atoms with Gasteiger partial charge in [0, 0.05) is 6.04 Å². The number of rotatable bonds is 0. The summed E-state index contributed by atoms with van der Waals surface area (Å²) in [5.74, 6) is 0.657. The number of aryl methyl sites for hydroxylation is 2. The fraction of sp³-hybridized carbons (Fsp3) is 0.412. The molecule has 1 nitrogen and oxygen atoms in total. The van der Waals surface area contributed by atoms with Crippen LogP contribution in [0.2, 0.25) is 0 Å². The van der Waals surface area contributed by atoms with Crippen LogP contribution in [0.3, 0.4) is 0 Å². The summed E-state index contributed by atoms with van der Waals surface area (Å²) in [7, 11) is 0. The van der Waals surface area contributed by atoms with Gasteiger partial charge in [-0.1, -0.05) is 31.2 Å². The zero-order valence-electron chi connectivity index (χ0n) is 10.9. The Labute approximate surface area is 108 Å². The fourth-order valence-electron chi connectivity index (χ4n) is 3.96. The van der Waals surface area contributed by atoms with Crippen molar-refractivity contribution in [3.05, 3.63) is 46.5 Å². The van der Waals surface area contributed by atoms with Gasteiger partial charge >= 0.3 is 0 Å². The molecule has 0 amide bonds. The van der Waals surface area contributed by atoms with Crippen molar-refractivity contribution in [1.82, 2.24) is 0 Å². The normalized spacial score (nSPS) is 25.4. The SMILES string of the molecule is CC1CCC(N)c2cc3c4c(cccc4c21)CC3. The summed E-state index contributed by atoms with van der Waals surface area (Å²) in [6.45, 7) is 2.36. The largest absolute Gasteiger partial charge is 0.324 e. The highest BCUT2D eigenvalue weighted by Crippen LogP contribution is 2.44. The highest BCUT2D eigenvalue weighted by Gasteiger charge is 2.27. The van der Waals surface area contributed by atoms with Gasteiger partial charge in [0.2, 0.25) is 0 Å². The first-order valence-electron chi connectivity index (χ1n) is 7.08. The number of hydrogen-bond acceptors (Lipinski definition) is 1. The Kier molecular flexibility index (Phi) is 2.10. The number of hydrogen-bond donors (Lipinski definition) is 1. The van der Waals surface area contributed by atoms with Gasteiger partial charge in [-0.3, -0.25) is 0 Å². The van der Waals surface area contributed by atoms with Gasteiger partial charge in [-0.2, -0.15) is 0 Å². The maximum Gasteiger partial charge on any atom is 0.0298 e. The van der Waals surface area contributed by atoms with Crippen LogP contribution in [0.25, 0.3) is 10.8 Å². The summed E-state index contributed by atoms with van der Waals surface area (Å²) in [5.41, 5.74) is 12.4. The van der Waals surface area contributed by atoms with Crippen molar-refractivity contribution in [2.45, 2.75) is 44.6 Å². The van der Waals surface area contributed by atoms with E-state index in [0.717, 1.165) is 6.42 Å². The van der Waals surface area contributed by atoms with E-state index in [1.54, 1.807) is 0 Å². The van der Waals surface area contributed by atoms with Crippen molar-refractivity contribution < 1.29 is 0 Å². The summed E-state index contributed by atoms with van der Waals surface area (Å²) in [6, 6.07) is 9.48. The first kappa shape index (κ1) is 10.6. The molecule has 0 heterocycles. The van der Waals surface area contributed by atoms with E-state index in [1.807, 2.05) is 0 Å². The molecule has 0 spiro atoms. The monoisotopic (exact) mass is 237 g/mol. The molecule has 2 aliphatic carbocycles. The lowest BCUT2D eigenvalue weighted by Crippen LogP contribution is -2.20. The van der Waals surface area contributed by atoms with E-state index in [2.05, 4.69) is 31.2 Å². The summed E-state index contributed by atoms with van der Waals surface area (Å²) in [4.78, 5) is 0. The van der Waals surface area contributed by atoms with Crippen LogP contribution in [0.5, 0.6) is 0 Å². The van der Waals surface area contributed by atoms with Gasteiger partial charge in [0.25, 0.3) is 0 Å². The Bertz CT molecular complexity index is 642. The molecule has 2 aromatic rings. The maximum atomic E-state index is 6.34. The molecular weight excluding hydrogens is 218 g/mol. The molecule has 0 saturated heterocycles. The van der Waals surface area contributed by atoms with E-state index in [9.17, 15) is 0 Å². The van der Waals surface area contributed by atoms with Gasteiger partial charge < -0.3 is 5.73 Å². The van der Waals surface area contributed by atoms with Crippen LogP contribution in [0, 0.1) is 0 Å². The Morgan fingerprint density at radius 2 is 1.94 bits per heavy atom. The minimum absolute atomic E-state index is 0.251. The van der Waals surface area contributed by atoms with Crippen LogP contribution in [-0.4, -0.2) is 0 Å². The molecule has 0 radical (unpaired) electrons. The molecule has 4 rings (SSSR count). The molecular formula is C17H19N. The van der Waals surface area contributed by atoms with E-state index in [1.165, 1.54) is 52.3 Å². The minimum Gasteiger partial charge on any atom is -0.324 e. The minimum atomic E-state index is 0.251. The molecule has 0 saturated carbocycles. The molecule has 0 bridgehead atoms. The Morgan fingerprint density at radius 1 is 1.11 bits per heavy atom. The number of benzene rings is 2. The third-order valence-electron chi connectivity index (χ3n) is 4.87. The maximum absolute atomic E-state index is 6.34. The zero-order chi connectivity index (χ0) is 12.3. The lowest BCUT2D eigenvalue weighted by molar-refractivity contribution is 0.516. The summed E-state index contributed by atoms with van der Waals surface area (Å²) < 4.78 is 0. The Balaban J connectivity index is 2.15. The summed E-state index contributed by atoms with van der Waals surface area (Å²) >= 11 is 0. The van der Waals surface area contributed by atoms with Crippen LogP contribution in [0.15, 0.2) is 24.3 Å². The van der Waals surface area contributed by atoms with E-state index < -0.39 is 0 Å². The average molecular weight is 237 g/mol. The van der Waals surface area contributed by atoms with Crippen molar-refractivity contribution in [3.63, 3.8) is 0 Å². The van der Waals surface area contributed by atoms with Crippen molar-refractivity contribution in [2.24, 2.45) is 5.73 Å². The first-order chi connectivity index (χ1) is 8.75. The molecule has 2 aromatic carbocycles. The predicted molar refractivity (Wildman–Crippen MR) is 75.9 cm³/mol.